The lowest BCUT2D eigenvalue weighted by Gasteiger charge is -2.33. The standard InChI is InChI=1S/C20H32O4/c1-4-13-16-15-11-12(18(23-15)17(16)14(5-2)22-13)19(21)24-20(6-3)9-7-8-10-20/h12-18H,4-11H2,1-3H3. The third-order valence-electron chi connectivity index (χ3n) is 7.26. The molecule has 136 valence electrons. The predicted molar refractivity (Wildman–Crippen MR) is 90.6 cm³/mol. The van der Waals surface area contributed by atoms with Crippen molar-refractivity contribution >= 4 is 5.97 Å². The SMILES string of the molecule is CCC1OC(CC)C2C3OC(CC3C(=O)OC3(CC)CCCC3)C12. The summed E-state index contributed by atoms with van der Waals surface area (Å²) >= 11 is 0. The van der Waals surface area contributed by atoms with Crippen molar-refractivity contribution in [1.29, 1.82) is 0 Å². The minimum absolute atomic E-state index is 0.000462. The van der Waals surface area contributed by atoms with Gasteiger partial charge < -0.3 is 14.2 Å². The zero-order chi connectivity index (χ0) is 16.9. The van der Waals surface area contributed by atoms with Crippen molar-refractivity contribution in [3.05, 3.63) is 0 Å². The molecule has 24 heavy (non-hydrogen) atoms. The van der Waals surface area contributed by atoms with Gasteiger partial charge in [0.25, 0.3) is 0 Å². The van der Waals surface area contributed by atoms with E-state index >= 15 is 0 Å². The summed E-state index contributed by atoms with van der Waals surface area (Å²) < 4.78 is 18.7. The summed E-state index contributed by atoms with van der Waals surface area (Å²) in [7, 11) is 0. The van der Waals surface area contributed by atoms with Gasteiger partial charge in [-0.3, -0.25) is 4.79 Å². The summed E-state index contributed by atoms with van der Waals surface area (Å²) in [5.41, 5.74) is -0.194. The molecule has 3 aliphatic heterocycles. The van der Waals surface area contributed by atoms with Gasteiger partial charge in [-0.1, -0.05) is 20.8 Å². The van der Waals surface area contributed by atoms with Crippen LogP contribution in [0, 0.1) is 17.8 Å². The molecular formula is C20H32O4. The number of fused-ring (bicyclic) bond motifs is 5. The molecule has 1 aliphatic carbocycles. The van der Waals surface area contributed by atoms with Gasteiger partial charge in [0.2, 0.25) is 0 Å². The Hall–Kier alpha value is -0.610. The van der Waals surface area contributed by atoms with E-state index in [2.05, 4.69) is 20.8 Å². The molecule has 7 unspecified atom stereocenters. The average molecular weight is 336 g/mol. The van der Waals surface area contributed by atoms with Gasteiger partial charge in [-0.15, -0.1) is 0 Å². The number of rotatable bonds is 5. The molecule has 2 bridgehead atoms. The Labute approximate surface area is 145 Å². The van der Waals surface area contributed by atoms with Gasteiger partial charge in [-0.2, -0.15) is 0 Å². The molecule has 4 heteroatoms. The predicted octanol–water partition coefficient (Wildman–Crippen LogP) is 3.86. The zero-order valence-electron chi connectivity index (χ0n) is 15.3. The van der Waals surface area contributed by atoms with Gasteiger partial charge in [0.15, 0.2) is 0 Å². The van der Waals surface area contributed by atoms with E-state index in [1.807, 2.05) is 0 Å². The molecule has 7 atom stereocenters. The fraction of sp³-hybridized carbons (Fsp3) is 0.950. The molecule has 4 nitrogen and oxygen atoms in total. The minimum Gasteiger partial charge on any atom is -0.459 e. The summed E-state index contributed by atoms with van der Waals surface area (Å²) in [4.78, 5) is 12.9. The smallest absolute Gasteiger partial charge is 0.312 e. The van der Waals surface area contributed by atoms with Crippen molar-refractivity contribution in [2.24, 2.45) is 17.8 Å². The number of hydrogen-bond donors (Lipinski definition) is 0. The van der Waals surface area contributed by atoms with E-state index < -0.39 is 0 Å². The number of esters is 1. The molecule has 0 spiro atoms. The maximum Gasteiger partial charge on any atom is 0.312 e. The normalized spacial score (nSPS) is 45.5. The number of carbonyl (C=O) groups excluding carboxylic acids is 1. The molecule has 3 heterocycles. The molecule has 1 saturated carbocycles. The van der Waals surface area contributed by atoms with Crippen LogP contribution >= 0.6 is 0 Å². The van der Waals surface area contributed by atoms with E-state index in [1.54, 1.807) is 0 Å². The van der Waals surface area contributed by atoms with Crippen LogP contribution in [-0.4, -0.2) is 36.0 Å². The molecule has 3 saturated heterocycles. The topological polar surface area (TPSA) is 44.8 Å². The Morgan fingerprint density at radius 2 is 1.71 bits per heavy atom. The van der Waals surface area contributed by atoms with E-state index in [-0.39, 0.29) is 35.8 Å². The fourth-order valence-electron chi connectivity index (χ4n) is 5.97. The van der Waals surface area contributed by atoms with Crippen molar-refractivity contribution in [2.45, 2.75) is 102 Å². The van der Waals surface area contributed by atoms with Crippen LogP contribution in [-0.2, 0) is 19.0 Å². The van der Waals surface area contributed by atoms with Crippen LogP contribution in [0.3, 0.4) is 0 Å². The minimum atomic E-state index is -0.194. The molecule has 4 rings (SSSR count). The molecule has 4 aliphatic rings. The first kappa shape index (κ1) is 16.8. The Balaban J connectivity index is 1.48. The largest absolute Gasteiger partial charge is 0.459 e. The van der Waals surface area contributed by atoms with Gasteiger partial charge in [0.1, 0.15) is 5.60 Å². The maximum absolute atomic E-state index is 12.9. The Morgan fingerprint density at radius 3 is 2.33 bits per heavy atom. The summed E-state index contributed by atoms with van der Waals surface area (Å²) in [6.45, 7) is 6.53. The molecular weight excluding hydrogens is 304 g/mol. The second kappa shape index (κ2) is 6.28. The lowest BCUT2D eigenvalue weighted by Crippen LogP contribution is -2.43. The third-order valence-corrected chi connectivity index (χ3v) is 7.26. The monoisotopic (exact) mass is 336 g/mol. The summed E-state index contributed by atoms with van der Waals surface area (Å²) in [5, 5.41) is 0. The van der Waals surface area contributed by atoms with Crippen LogP contribution in [0.5, 0.6) is 0 Å². The van der Waals surface area contributed by atoms with Crippen LogP contribution in [0.15, 0.2) is 0 Å². The zero-order valence-corrected chi connectivity index (χ0v) is 15.3. The highest BCUT2D eigenvalue weighted by molar-refractivity contribution is 5.74. The number of carbonyl (C=O) groups is 1. The average Bonchev–Trinajstić information content (AvgIpc) is 3.34. The maximum atomic E-state index is 12.9. The Bertz CT molecular complexity index is 484. The third kappa shape index (κ3) is 2.44. The van der Waals surface area contributed by atoms with Crippen LogP contribution in [0.25, 0.3) is 0 Å². The quantitative estimate of drug-likeness (QED) is 0.715. The first-order valence-electron chi connectivity index (χ1n) is 10.2. The van der Waals surface area contributed by atoms with Crippen LogP contribution in [0.1, 0.15) is 72.1 Å². The second-order valence-corrected chi connectivity index (χ2v) is 8.33. The van der Waals surface area contributed by atoms with Crippen molar-refractivity contribution in [3.8, 4) is 0 Å². The van der Waals surface area contributed by atoms with E-state index in [9.17, 15) is 4.79 Å². The van der Waals surface area contributed by atoms with Gasteiger partial charge in [-0.05, 0) is 51.4 Å². The summed E-state index contributed by atoms with van der Waals surface area (Å²) in [6.07, 6.45) is 9.01. The van der Waals surface area contributed by atoms with E-state index in [4.69, 9.17) is 14.2 Å². The van der Waals surface area contributed by atoms with E-state index in [0.717, 1.165) is 38.5 Å². The lowest BCUT2D eigenvalue weighted by atomic mass is 9.70. The van der Waals surface area contributed by atoms with Crippen molar-refractivity contribution in [1.82, 2.24) is 0 Å². The Morgan fingerprint density at radius 1 is 1.04 bits per heavy atom. The number of ether oxygens (including phenoxy) is 3. The van der Waals surface area contributed by atoms with E-state index in [0.29, 0.717) is 17.9 Å². The van der Waals surface area contributed by atoms with Crippen molar-refractivity contribution in [3.63, 3.8) is 0 Å². The second-order valence-electron chi connectivity index (χ2n) is 8.33. The molecule has 0 N–H and O–H groups in total. The number of hydrogen-bond acceptors (Lipinski definition) is 4. The summed E-state index contributed by atoms with van der Waals surface area (Å²) in [6, 6.07) is 0. The Kier molecular flexibility index (Phi) is 4.41. The highest BCUT2D eigenvalue weighted by Crippen LogP contribution is 2.55. The first-order chi connectivity index (χ1) is 11.6. The molecule has 0 radical (unpaired) electrons. The van der Waals surface area contributed by atoms with Gasteiger partial charge in [0.05, 0.1) is 30.3 Å². The summed E-state index contributed by atoms with van der Waals surface area (Å²) in [5.74, 6) is 0.797. The van der Waals surface area contributed by atoms with Gasteiger partial charge >= 0.3 is 5.97 Å². The van der Waals surface area contributed by atoms with Crippen LogP contribution in [0.4, 0.5) is 0 Å². The van der Waals surface area contributed by atoms with Crippen LogP contribution in [0.2, 0.25) is 0 Å². The molecule has 0 aromatic carbocycles. The first-order valence-corrected chi connectivity index (χ1v) is 10.2. The van der Waals surface area contributed by atoms with Crippen molar-refractivity contribution in [2.75, 3.05) is 0 Å². The molecule has 0 amide bonds. The molecule has 4 fully saturated rings. The highest BCUT2D eigenvalue weighted by atomic mass is 16.6. The molecule has 0 aromatic rings. The molecule has 0 aromatic heterocycles. The fourth-order valence-corrected chi connectivity index (χ4v) is 5.97. The van der Waals surface area contributed by atoms with Crippen LogP contribution < -0.4 is 0 Å². The van der Waals surface area contributed by atoms with Crippen molar-refractivity contribution < 1.29 is 19.0 Å². The highest BCUT2D eigenvalue weighted by Gasteiger charge is 2.64. The van der Waals surface area contributed by atoms with Gasteiger partial charge in [0, 0.05) is 11.8 Å². The lowest BCUT2D eigenvalue weighted by molar-refractivity contribution is -0.167. The van der Waals surface area contributed by atoms with Gasteiger partial charge in [-0.25, -0.2) is 0 Å². The van der Waals surface area contributed by atoms with E-state index in [1.165, 1.54) is 12.8 Å².